The largest absolute Gasteiger partial charge is 0.390 e. The first-order chi connectivity index (χ1) is 18.2. The van der Waals surface area contributed by atoms with Crippen molar-refractivity contribution in [1.82, 2.24) is 24.1 Å². The van der Waals surface area contributed by atoms with Crippen LogP contribution >= 0.6 is 0 Å². The van der Waals surface area contributed by atoms with Gasteiger partial charge in [-0.3, -0.25) is 0 Å². The van der Waals surface area contributed by atoms with E-state index < -0.39 is 22.4 Å². The monoisotopic (exact) mass is 551 g/mol. The SMILES string of the molecule is CCS(=O)(=O)N1[C@@H]2CCC[C@H]1CC(N(C)c1nc(CO)c(F)c(Nc3cc(C)n(C4CCCCO4)n3)n1)C2. The van der Waals surface area contributed by atoms with E-state index in [4.69, 9.17) is 4.74 Å². The van der Waals surface area contributed by atoms with E-state index in [0.29, 0.717) is 25.3 Å². The molecule has 0 spiro atoms. The van der Waals surface area contributed by atoms with Gasteiger partial charge < -0.3 is 20.1 Å². The van der Waals surface area contributed by atoms with E-state index in [0.717, 1.165) is 44.2 Å². The van der Waals surface area contributed by atoms with E-state index >= 15 is 4.39 Å². The van der Waals surface area contributed by atoms with Crippen LogP contribution in [0, 0.1) is 12.7 Å². The minimum atomic E-state index is -3.29. The smallest absolute Gasteiger partial charge is 0.227 e. The highest BCUT2D eigenvalue weighted by Gasteiger charge is 2.45. The number of hydrogen-bond acceptors (Lipinski definition) is 9. The molecule has 38 heavy (non-hydrogen) atoms. The summed E-state index contributed by atoms with van der Waals surface area (Å²) in [7, 11) is -1.44. The molecule has 0 amide bonds. The zero-order valence-electron chi connectivity index (χ0n) is 22.3. The van der Waals surface area contributed by atoms with Crippen LogP contribution < -0.4 is 10.2 Å². The number of halogens is 1. The number of anilines is 3. The first-order valence-corrected chi connectivity index (χ1v) is 15.2. The molecule has 0 radical (unpaired) electrons. The number of rotatable bonds is 8. The molecule has 11 nitrogen and oxygen atoms in total. The second kappa shape index (κ2) is 11.0. The van der Waals surface area contributed by atoms with E-state index in [2.05, 4.69) is 20.4 Å². The van der Waals surface area contributed by atoms with Crippen LogP contribution in [0.1, 0.15) is 75.9 Å². The number of nitrogens with zero attached hydrogens (tertiary/aromatic N) is 6. The number of piperidine rings is 2. The molecule has 5 rings (SSSR count). The molecule has 3 fully saturated rings. The fraction of sp³-hybridized carbons (Fsp3) is 0.720. The molecule has 0 saturated carbocycles. The van der Waals surface area contributed by atoms with Crippen LogP contribution in [0.15, 0.2) is 6.07 Å². The first kappa shape index (κ1) is 27.2. The van der Waals surface area contributed by atoms with Crippen LogP contribution in [0.5, 0.6) is 0 Å². The predicted octanol–water partition coefficient (Wildman–Crippen LogP) is 3.23. The van der Waals surface area contributed by atoms with Crippen LogP contribution in [0.3, 0.4) is 0 Å². The summed E-state index contributed by atoms with van der Waals surface area (Å²) in [6.45, 7) is 3.72. The van der Waals surface area contributed by atoms with Gasteiger partial charge in [0.1, 0.15) is 5.69 Å². The maximum atomic E-state index is 15.2. The summed E-state index contributed by atoms with van der Waals surface area (Å²) in [5.74, 6) is 0.00949. The summed E-state index contributed by atoms with van der Waals surface area (Å²) in [5, 5.41) is 17.4. The van der Waals surface area contributed by atoms with Gasteiger partial charge in [0.15, 0.2) is 23.7 Å². The number of aromatic nitrogens is 4. The van der Waals surface area contributed by atoms with Crippen molar-refractivity contribution in [2.45, 2.75) is 96.2 Å². The maximum Gasteiger partial charge on any atom is 0.227 e. The van der Waals surface area contributed by atoms with Gasteiger partial charge in [0.2, 0.25) is 16.0 Å². The van der Waals surface area contributed by atoms with Gasteiger partial charge in [0.25, 0.3) is 0 Å². The number of fused-ring (bicyclic) bond motifs is 2. The van der Waals surface area contributed by atoms with Gasteiger partial charge in [-0.25, -0.2) is 22.5 Å². The second-order valence-corrected chi connectivity index (χ2v) is 12.7. The summed E-state index contributed by atoms with van der Waals surface area (Å²) in [6, 6.07) is 1.67. The van der Waals surface area contributed by atoms with E-state index in [1.807, 2.05) is 24.9 Å². The molecule has 2 unspecified atom stereocenters. The highest BCUT2D eigenvalue weighted by molar-refractivity contribution is 7.89. The molecule has 3 saturated heterocycles. The van der Waals surface area contributed by atoms with Crippen molar-refractivity contribution in [1.29, 1.82) is 0 Å². The van der Waals surface area contributed by atoms with Crippen molar-refractivity contribution >= 4 is 27.6 Å². The number of aryl methyl sites for hydroxylation is 1. The van der Waals surface area contributed by atoms with Gasteiger partial charge in [-0.2, -0.15) is 14.4 Å². The highest BCUT2D eigenvalue weighted by Crippen LogP contribution is 2.38. The van der Waals surface area contributed by atoms with Crippen molar-refractivity contribution in [2.24, 2.45) is 0 Å². The number of aliphatic hydroxyl groups is 1. The summed E-state index contributed by atoms with van der Waals surface area (Å²) in [5.41, 5.74) is 0.774. The van der Waals surface area contributed by atoms with Gasteiger partial charge in [-0.1, -0.05) is 6.42 Å². The Morgan fingerprint density at radius 2 is 1.92 bits per heavy atom. The fourth-order valence-electron chi connectivity index (χ4n) is 6.10. The lowest BCUT2D eigenvalue weighted by Crippen LogP contribution is -2.58. The number of aliphatic hydroxyl groups excluding tert-OH is 1. The summed E-state index contributed by atoms with van der Waals surface area (Å²) >= 11 is 0. The molecule has 210 valence electrons. The van der Waals surface area contributed by atoms with Crippen molar-refractivity contribution in [3.63, 3.8) is 0 Å². The third-order valence-electron chi connectivity index (χ3n) is 8.09. The van der Waals surface area contributed by atoms with Gasteiger partial charge in [-0.05, 0) is 58.8 Å². The molecule has 4 atom stereocenters. The van der Waals surface area contributed by atoms with Crippen molar-refractivity contribution < 1.29 is 22.7 Å². The van der Waals surface area contributed by atoms with Crippen molar-refractivity contribution in [3.05, 3.63) is 23.3 Å². The van der Waals surface area contributed by atoms with E-state index in [9.17, 15) is 13.5 Å². The van der Waals surface area contributed by atoms with Gasteiger partial charge in [-0.15, -0.1) is 0 Å². The molecule has 5 heterocycles. The Bertz CT molecular complexity index is 1240. The number of hydrogen-bond donors (Lipinski definition) is 2. The van der Waals surface area contributed by atoms with E-state index in [1.165, 1.54) is 0 Å². The Morgan fingerprint density at radius 1 is 1.18 bits per heavy atom. The molecular weight excluding hydrogens is 513 g/mol. The van der Waals surface area contributed by atoms with Crippen molar-refractivity contribution in [2.75, 3.05) is 29.6 Å². The fourth-order valence-corrected chi connectivity index (χ4v) is 7.69. The molecule has 0 aromatic carbocycles. The summed E-state index contributed by atoms with van der Waals surface area (Å²) in [4.78, 5) is 10.7. The lowest BCUT2D eigenvalue weighted by molar-refractivity contribution is -0.0404. The topological polar surface area (TPSA) is 126 Å². The number of ether oxygens (including phenoxy) is 1. The Hall–Kier alpha value is -2.35. The van der Waals surface area contributed by atoms with Crippen LogP contribution in [0.4, 0.5) is 22.0 Å². The third kappa shape index (κ3) is 5.25. The molecule has 3 aliphatic heterocycles. The number of sulfonamides is 1. The Balaban J connectivity index is 1.38. The minimum Gasteiger partial charge on any atom is -0.390 e. The van der Waals surface area contributed by atoms with Gasteiger partial charge in [0, 0.05) is 43.5 Å². The van der Waals surface area contributed by atoms with Gasteiger partial charge >= 0.3 is 0 Å². The average Bonchev–Trinajstić information content (AvgIpc) is 3.28. The van der Waals surface area contributed by atoms with Crippen LogP contribution in [-0.4, -0.2) is 75.1 Å². The normalized spacial score (nSPS) is 26.3. The van der Waals surface area contributed by atoms with Gasteiger partial charge in [0.05, 0.1) is 12.4 Å². The lowest BCUT2D eigenvalue weighted by Gasteiger charge is -2.49. The van der Waals surface area contributed by atoms with Crippen LogP contribution in [0.25, 0.3) is 0 Å². The summed E-state index contributed by atoms with van der Waals surface area (Å²) in [6.07, 6.45) is 6.77. The Kier molecular flexibility index (Phi) is 7.90. The van der Waals surface area contributed by atoms with Crippen molar-refractivity contribution in [3.8, 4) is 0 Å². The van der Waals surface area contributed by atoms with Crippen LogP contribution in [-0.2, 0) is 21.4 Å². The molecule has 2 aromatic rings. The molecule has 2 N–H and O–H groups in total. The Labute approximate surface area is 223 Å². The highest BCUT2D eigenvalue weighted by atomic mass is 32.2. The second-order valence-electron chi connectivity index (χ2n) is 10.6. The molecular formula is C25H38FN7O4S. The molecule has 2 bridgehead atoms. The molecule has 2 aromatic heterocycles. The first-order valence-electron chi connectivity index (χ1n) is 13.6. The third-order valence-corrected chi connectivity index (χ3v) is 10.1. The lowest BCUT2D eigenvalue weighted by atomic mass is 9.83. The zero-order chi connectivity index (χ0) is 27.0. The standard InChI is InChI=1S/C25H38FN7O4S/c1-4-38(35,36)33-17-8-7-9-18(33)14-19(13-17)31(3)25-27-20(15-34)23(26)24(29-25)28-21-12-16(2)32(30-21)22-10-5-6-11-37-22/h12,17-19,22,34H,4-11,13-15H2,1-3H3,(H,27,28,29,30)/t17-,18+,19?,22?. The quantitative estimate of drug-likeness (QED) is 0.509. The molecule has 13 heteroatoms. The number of nitrogens with one attached hydrogen (secondary N) is 1. The molecule has 3 aliphatic rings. The minimum absolute atomic E-state index is 0.0108. The maximum absolute atomic E-state index is 15.2. The average molecular weight is 552 g/mol. The van der Waals surface area contributed by atoms with E-state index in [-0.39, 0.29) is 47.6 Å². The van der Waals surface area contributed by atoms with E-state index in [1.54, 1.807) is 15.9 Å². The Morgan fingerprint density at radius 3 is 2.55 bits per heavy atom. The zero-order valence-corrected chi connectivity index (χ0v) is 23.1. The molecule has 0 aliphatic carbocycles. The predicted molar refractivity (Wildman–Crippen MR) is 141 cm³/mol. The van der Waals surface area contributed by atoms with Crippen LogP contribution in [0.2, 0.25) is 0 Å². The summed E-state index contributed by atoms with van der Waals surface area (Å²) < 4.78 is 50.1.